The zero-order valence-corrected chi connectivity index (χ0v) is 10.0. The van der Waals surface area contributed by atoms with Crippen LogP contribution >= 0.6 is 0 Å². The van der Waals surface area contributed by atoms with Crippen molar-refractivity contribution in [3.63, 3.8) is 0 Å². The van der Waals surface area contributed by atoms with E-state index in [0.29, 0.717) is 0 Å². The normalized spacial score (nSPS) is 24.2. The molecule has 0 aromatic carbocycles. The number of nitrogens with two attached hydrogens (primary N) is 1. The first kappa shape index (κ1) is 11.0. The summed E-state index contributed by atoms with van der Waals surface area (Å²) in [6.45, 7) is 4.26. The van der Waals surface area contributed by atoms with E-state index in [9.17, 15) is 0 Å². The van der Waals surface area contributed by atoms with E-state index in [1.807, 2.05) is 6.20 Å². The Balaban J connectivity index is 2.37. The van der Waals surface area contributed by atoms with Crippen molar-refractivity contribution >= 4 is 5.84 Å². The van der Waals surface area contributed by atoms with E-state index in [4.69, 9.17) is 5.73 Å². The highest BCUT2D eigenvalue weighted by atomic mass is 15.0. The largest absolute Gasteiger partial charge is 0.402 e. The van der Waals surface area contributed by atoms with E-state index in [-0.39, 0.29) is 0 Å². The van der Waals surface area contributed by atoms with E-state index in [1.54, 1.807) is 0 Å². The Labute approximate surface area is 96.8 Å². The average Bonchev–Trinajstić information content (AvgIpc) is 2.31. The van der Waals surface area contributed by atoms with Crippen LogP contribution in [0.4, 0.5) is 0 Å². The monoisotopic (exact) mass is 217 g/mol. The second-order valence-corrected chi connectivity index (χ2v) is 4.43. The Kier molecular flexibility index (Phi) is 3.13. The van der Waals surface area contributed by atoms with Gasteiger partial charge in [0.25, 0.3) is 0 Å². The number of hydrogen-bond donors (Lipinski definition) is 2. The van der Waals surface area contributed by atoms with E-state index >= 15 is 0 Å². The summed E-state index contributed by atoms with van der Waals surface area (Å²) in [6.07, 6.45) is 7.96. The number of allylic oxidation sites excluding steroid dienone is 3. The summed E-state index contributed by atoms with van der Waals surface area (Å²) in [5, 5.41) is 3.25. The Hall–Kier alpha value is -1.51. The molecule has 16 heavy (non-hydrogen) atoms. The maximum absolute atomic E-state index is 6.14. The molecule has 0 unspecified atom stereocenters. The Morgan fingerprint density at radius 2 is 2.25 bits per heavy atom. The number of amidine groups is 1. The van der Waals surface area contributed by atoms with Crippen LogP contribution < -0.4 is 11.1 Å². The van der Waals surface area contributed by atoms with Crippen LogP contribution in [-0.2, 0) is 0 Å². The summed E-state index contributed by atoms with van der Waals surface area (Å²) >= 11 is 0. The topological polar surface area (TPSA) is 50.4 Å². The molecule has 0 aromatic rings. The molecule has 2 heterocycles. The van der Waals surface area contributed by atoms with Crippen molar-refractivity contribution in [2.45, 2.75) is 39.5 Å². The van der Waals surface area contributed by atoms with Gasteiger partial charge in [-0.3, -0.25) is 0 Å². The molecule has 0 spiro atoms. The third-order valence-corrected chi connectivity index (χ3v) is 3.15. The van der Waals surface area contributed by atoms with Crippen molar-refractivity contribution in [2.24, 2.45) is 10.7 Å². The lowest BCUT2D eigenvalue weighted by Gasteiger charge is -2.22. The van der Waals surface area contributed by atoms with Crippen molar-refractivity contribution in [1.29, 1.82) is 0 Å². The molecule has 3 nitrogen and oxygen atoms in total. The number of nitrogens with zero attached hydrogens (tertiary/aromatic N) is 1. The van der Waals surface area contributed by atoms with Crippen molar-refractivity contribution < 1.29 is 0 Å². The third-order valence-electron chi connectivity index (χ3n) is 3.15. The predicted molar refractivity (Wildman–Crippen MR) is 67.8 cm³/mol. The maximum Gasteiger partial charge on any atom is 0.135 e. The van der Waals surface area contributed by atoms with E-state index < -0.39 is 0 Å². The molecule has 2 rings (SSSR count). The lowest BCUT2D eigenvalue weighted by atomic mass is 9.95. The van der Waals surface area contributed by atoms with Crippen LogP contribution in [0.1, 0.15) is 39.5 Å². The lowest BCUT2D eigenvalue weighted by Crippen LogP contribution is -2.28. The summed E-state index contributed by atoms with van der Waals surface area (Å²) in [4.78, 5) is 4.47. The summed E-state index contributed by atoms with van der Waals surface area (Å²) < 4.78 is 0. The van der Waals surface area contributed by atoms with Gasteiger partial charge in [0.15, 0.2) is 0 Å². The van der Waals surface area contributed by atoms with Gasteiger partial charge in [-0.05, 0) is 31.8 Å². The zero-order valence-electron chi connectivity index (χ0n) is 10.0. The number of hydrogen-bond acceptors (Lipinski definition) is 3. The first-order valence-electron chi connectivity index (χ1n) is 5.86. The van der Waals surface area contributed by atoms with Gasteiger partial charge >= 0.3 is 0 Å². The van der Waals surface area contributed by atoms with Crippen molar-refractivity contribution in [3.8, 4) is 0 Å². The van der Waals surface area contributed by atoms with Gasteiger partial charge in [0.05, 0.1) is 0 Å². The molecular weight excluding hydrogens is 198 g/mol. The number of rotatable bonds is 1. The highest BCUT2D eigenvalue weighted by Gasteiger charge is 2.17. The highest BCUT2D eigenvalue weighted by Crippen LogP contribution is 2.24. The van der Waals surface area contributed by atoms with E-state index in [1.165, 1.54) is 16.7 Å². The number of fused-ring (bicyclic) bond motifs is 1. The Morgan fingerprint density at radius 1 is 1.44 bits per heavy atom. The maximum atomic E-state index is 6.14. The van der Waals surface area contributed by atoms with Crippen molar-refractivity contribution in [2.75, 3.05) is 0 Å². The number of nitrogens with one attached hydrogen (secondary N) is 1. The van der Waals surface area contributed by atoms with E-state index in [2.05, 4.69) is 30.4 Å². The standard InChI is InChI=1S/C13H19N3/c1-3-10-6-11-12(14)5-4-9(2)7-15-13(11)16-8-10/h7-8H,3-6,14H2,1-2H3,(H,15,16)/b9-7+,12-11?. The smallest absolute Gasteiger partial charge is 0.135 e. The molecule has 0 aliphatic carbocycles. The van der Waals surface area contributed by atoms with Gasteiger partial charge in [-0.2, -0.15) is 0 Å². The van der Waals surface area contributed by atoms with Gasteiger partial charge in [0.2, 0.25) is 0 Å². The van der Waals surface area contributed by atoms with Crippen LogP contribution in [0, 0.1) is 0 Å². The Morgan fingerprint density at radius 3 is 3.00 bits per heavy atom. The average molecular weight is 217 g/mol. The summed E-state index contributed by atoms with van der Waals surface area (Å²) in [6, 6.07) is 0. The molecular formula is C13H19N3. The Bertz CT molecular complexity index is 411. The molecule has 86 valence electrons. The summed E-state index contributed by atoms with van der Waals surface area (Å²) in [5.74, 6) is 0.925. The van der Waals surface area contributed by atoms with Gasteiger partial charge < -0.3 is 11.1 Å². The zero-order chi connectivity index (χ0) is 11.5. The predicted octanol–water partition coefficient (Wildman–Crippen LogP) is 2.58. The van der Waals surface area contributed by atoms with E-state index in [0.717, 1.165) is 37.2 Å². The van der Waals surface area contributed by atoms with Crippen molar-refractivity contribution in [1.82, 2.24) is 5.32 Å². The second-order valence-electron chi connectivity index (χ2n) is 4.43. The molecule has 0 amide bonds. The molecule has 0 saturated heterocycles. The molecule has 2 aliphatic heterocycles. The number of aliphatic imine (C=N–C) groups is 1. The minimum absolute atomic E-state index is 0.925. The molecule has 0 bridgehead atoms. The third kappa shape index (κ3) is 2.18. The fourth-order valence-electron chi connectivity index (χ4n) is 1.95. The minimum atomic E-state index is 0.925. The van der Waals surface area contributed by atoms with Crippen LogP contribution in [0.2, 0.25) is 0 Å². The quantitative estimate of drug-likeness (QED) is 0.709. The molecule has 2 aliphatic rings. The van der Waals surface area contributed by atoms with Crippen LogP contribution in [-0.4, -0.2) is 5.84 Å². The molecule has 0 atom stereocenters. The van der Waals surface area contributed by atoms with Crippen LogP contribution in [0.3, 0.4) is 0 Å². The summed E-state index contributed by atoms with van der Waals surface area (Å²) in [7, 11) is 0. The second kappa shape index (κ2) is 4.56. The lowest BCUT2D eigenvalue weighted by molar-refractivity contribution is 0.859. The van der Waals surface area contributed by atoms with Gasteiger partial charge in [-0.15, -0.1) is 0 Å². The van der Waals surface area contributed by atoms with Gasteiger partial charge in [-0.1, -0.05) is 12.5 Å². The van der Waals surface area contributed by atoms with Gasteiger partial charge in [0, 0.05) is 30.1 Å². The van der Waals surface area contributed by atoms with Crippen LogP contribution in [0.5, 0.6) is 0 Å². The van der Waals surface area contributed by atoms with Gasteiger partial charge in [0.1, 0.15) is 5.84 Å². The fraction of sp³-hybridized carbons (Fsp3) is 0.462. The summed E-state index contributed by atoms with van der Waals surface area (Å²) in [5.41, 5.74) is 11.0. The molecule has 0 saturated carbocycles. The SMILES string of the molecule is CCC1=CNC2=N/C=C(\C)CCC(N)=C2C1. The van der Waals surface area contributed by atoms with Crippen LogP contribution in [0.15, 0.2) is 39.8 Å². The molecule has 0 radical (unpaired) electrons. The molecule has 0 aromatic heterocycles. The molecule has 3 heteroatoms. The first-order chi connectivity index (χ1) is 7.70. The fourth-order valence-corrected chi connectivity index (χ4v) is 1.95. The molecule has 0 fully saturated rings. The highest BCUT2D eigenvalue weighted by molar-refractivity contribution is 6.01. The first-order valence-corrected chi connectivity index (χ1v) is 5.86. The van der Waals surface area contributed by atoms with Crippen LogP contribution in [0.25, 0.3) is 0 Å². The van der Waals surface area contributed by atoms with Crippen molar-refractivity contribution in [3.05, 3.63) is 34.8 Å². The molecule has 3 N–H and O–H groups in total. The van der Waals surface area contributed by atoms with Gasteiger partial charge in [-0.25, -0.2) is 4.99 Å². The minimum Gasteiger partial charge on any atom is -0.402 e.